The molecule has 1 fully saturated rings. The van der Waals surface area contributed by atoms with Crippen LogP contribution in [0.15, 0.2) is 24.4 Å². The van der Waals surface area contributed by atoms with Crippen LogP contribution in [0.4, 0.5) is 17.5 Å². The van der Waals surface area contributed by atoms with E-state index in [4.69, 9.17) is 4.74 Å². The summed E-state index contributed by atoms with van der Waals surface area (Å²) >= 11 is 0. The average molecular weight is 505 g/mol. The number of anilines is 3. The number of nitrogens with zero attached hydrogens (tertiary/aromatic N) is 8. The molecule has 0 unspecified atom stereocenters. The van der Waals surface area contributed by atoms with Crippen molar-refractivity contribution in [3.63, 3.8) is 0 Å². The third-order valence-corrected chi connectivity index (χ3v) is 7.15. The normalized spacial score (nSPS) is 17.2. The number of tetrazole rings is 1. The number of aryl methyl sites for hydroxylation is 1. The maximum Gasteiger partial charge on any atom is 0.229 e. The molecule has 3 heterocycles. The van der Waals surface area contributed by atoms with E-state index in [1.165, 1.54) is 0 Å². The highest BCUT2D eigenvalue weighted by atomic mass is 16.5. The number of aromatic nitrogens is 6. The highest BCUT2D eigenvalue weighted by Crippen LogP contribution is 2.38. The maximum absolute atomic E-state index is 9.71. The number of nitriles is 1. The number of hydrogen-bond donors (Lipinski definition) is 2. The van der Waals surface area contributed by atoms with Gasteiger partial charge in [0.2, 0.25) is 5.95 Å². The van der Waals surface area contributed by atoms with Crippen molar-refractivity contribution in [1.82, 2.24) is 35.1 Å². The van der Waals surface area contributed by atoms with Crippen LogP contribution in [0.25, 0.3) is 5.69 Å². The number of likely N-dealkylation sites (tertiary alicyclic amines) is 1. The van der Waals surface area contributed by atoms with Crippen molar-refractivity contribution in [3.8, 4) is 17.5 Å². The summed E-state index contributed by atoms with van der Waals surface area (Å²) in [5, 5.41) is 28.6. The maximum atomic E-state index is 9.71. The summed E-state index contributed by atoms with van der Waals surface area (Å²) < 4.78 is 7.49. The van der Waals surface area contributed by atoms with Crippen LogP contribution < -0.4 is 15.4 Å². The monoisotopic (exact) mass is 504 g/mol. The molecule has 1 aliphatic heterocycles. The zero-order valence-corrected chi connectivity index (χ0v) is 22.7. The lowest BCUT2D eigenvalue weighted by Crippen LogP contribution is -2.61. The molecule has 37 heavy (non-hydrogen) atoms. The zero-order valence-electron chi connectivity index (χ0n) is 22.7. The summed E-state index contributed by atoms with van der Waals surface area (Å²) in [4.78, 5) is 11.5. The van der Waals surface area contributed by atoms with E-state index < -0.39 is 0 Å². The Morgan fingerprint density at radius 2 is 1.89 bits per heavy atom. The summed E-state index contributed by atoms with van der Waals surface area (Å²) in [6.45, 7) is 13.4. The largest absolute Gasteiger partial charge is 0.492 e. The number of benzene rings is 1. The van der Waals surface area contributed by atoms with Gasteiger partial charge in [0.1, 0.15) is 28.9 Å². The Morgan fingerprint density at radius 1 is 1.16 bits per heavy atom. The summed E-state index contributed by atoms with van der Waals surface area (Å²) in [6.07, 6.45) is 4.08. The van der Waals surface area contributed by atoms with Gasteiger partial charge in [-0.15, -0.1) is 5.10 Å². The first-order chi connectivity index (χ1) is 17.6. The molecule has 0 saturated carbocycles. The molecule has 2 N–H and O–H groups in total. The van der Waals surface area contributed by atoms with Gasteiger partial charge in [0, 0.05) is 29.2 Å². The summed E-state index contributed by atoms with van der Waals surface area (Å²) in [5.41, 5.74) is 1.89. The number of hydrogen-bond acceptors (Lipinski definition) is 10. The van der Waals surface area contributed by atoms with Crippen molar-refractivity contribution in [1.29, 1.82) is 5.26 Å². The van der Waals surface area contributed by atoms with Gasteiger partial charge in [0.15, 0.2) is 5.82 Å². The summed E-state index contributed by atoms with van der Waals surface area (Å²) in [7, 11) is 2.17. The minimum atomic E-state index is 0.00655. The summed E-state index contributed by atoms with van der Waals surface area (Å²) in [6, 6.07) is 8.05. The fourth-order valence-corrected chi connectivity index (χ4v) is 5.08. The number of ether oxygens (including phenoxy) is 1. The van der Waals surface area contributed by atoms with Crippen LogP contribution in [0.3, 0.4) is 0 Å². The predicted octanol–water partition coefficient (Wildman–Crippen LogP) is 4.09. The van der Waals surface area contributed by atoms with Crippen molar-refractivity contribution in [3.05, 3.63) is 35.8 Å². The van der Waals surface area contributed by atoms with Crippen molar-refractivity contribution in [2.45, 2.75) is 77.9 Å². The van der Waals surface area contributed by atoms with Crippen molar-refractivity contribution in [2.24, 2.45) is 0 Å². The van der Waals surface area contributed by atoms with Gasteiger partial charge in [-0.3, -0.25) is 4.90 Å². The Balaban J connectivity index is 1.62. The standard InChI is InChI=1S/C26H36N10O/c1-8-22-32-33-34-36(22)20-12-18(10-11-21(20)37-9-2)30-24-28-16-17(15-27)23(31-24)29-19-13-25(3,4)35(7)26(5,6)14-19/h10-12,16,19H,8-9,13-14H2,1-7H3,(H2,28,29,30,31). The topological polar surface area (TPSA) is 130 Å². The van der Waals surface area contributed by atoms with E-state index in [9.17, 15) is 5.26 Å². The van der Waals surface area contributed by atoms with Gasteiger partial charge in [-0.2, -0.15) is 14.9 Å². The van der Waals surface area contributed by atoms with Crippen molar-refractivity contribution in [2.75, 3.05) is 24.3 Å². The molecule has 196 valence electrons. The third-order valence-electron chi connectivity index (χ3n) is 7.15. The minimum Gasteiger partial charge on any atom is -0.492 e. The molecule has 4 rings (SSSR count). The van der Waals surface area contributed by atoms with Crippen LogP contribution >= 0.6 is 0 Å². The Labute approximate surface area is 218 Å². The molecule has 1 aliphatic rings. The van der Waals surface area contributed by atoms with Gasteiger partial charge in [-0.25, -0.2) is 4.98 Å². The van der Waals surface area contributed by atoms with E-state index in [2.05, 4.69) is 81.8 Å². The molecule has 0 amide bonds. The number of rotatable bonds is 8. The van der Waals surface area contributed by atoms with Gasteiger partial charge in [0.05, 0.1) is 12.8 Å². The smallest absolute Gasteiger partial charge is 0.229 e. The number of nitrogens with one attached hydrogen (secondary N) is 2. The molecule has 0 bridgehead atoms. The highest BCUT2D eigenvalue weighted by molar-refractivity contribution is 5.64. The fourth-order valence-electron chi connectivity index (χ4n) is 5.08. The second kappa shape index (κ2) is 10.3. The van der Waals surface area contributed by atoms with Gasteiger partial charge in [-0.1, -0.05) is 6.92 Å². The second-order valence-electron chi connectivity index (χ2n) is 10.6. The molecule has 0 radical (unpaired) electrons. The molecular formula is C26H36N10O. The molecular weight excluding hydrogens is 468 g/mol. The van der Waals surface area contributed by atoms with Gasteiger partial charge >= 0.3 is 0 Å². The molecule has 0 atom stereocenters. The zero-order chi connectivity index (χ0) is 26.8. The van der Waals surface area contributed by atoms with E-state index in [-0.39, 0.29) is 17.1 Å². The predicted molar refractivity (Wildman–Crippen MR) is 142 cm³/mol. The first kappa shape index (κ1) is 26.3. The molecule has 11 heteroatoms. The lowest BCUT2D eigenvalue weighted by atomic mass is 9.77. The molecule has 0 aliphatic carbocycles. The molecule has 3 aromatic rings. The molecule has 2 aromatic heterocycles. The van der Waals surface area contributed by atoms with Crippen molar-refractivity contribution < 1.29 is 4.74 Å². The van der Waals surface area contributed by atoms with Crippen LogP contribution in [0.1, 0.15) is 65.8 Å². The molecule has 0 spiro atoms. The molecule has 1 aromatic carbocycles. The Kier molecular flexibility index (Phi) is 7.32. The average Bonchev–Trinajstić information content (AvgIpc) is 3.32. The van der Waals surface area contributed by atoms with Crippen LogP contribution in [0.2, 0.25) is 0 Å². The third kappa shape index (κ3) is 5.49. The highest BCUT2D eigenvalue weighted by Gasteiger charge is 2.43. The SMILES string of the molecule is CCOc1ccc(Nc2ncc(C#N)c(NC3CC(C)(C)N(C)C(C)(C)C3)n2)cc1-n1nnnc1CC. The Morgan fingerprint density at radius 3 is 2.54 bits per heavy atom. The van der Waals surface area contributed by atoms with E-state index >= 15 is 0 Å². The first-order valence-electron chi connectivity index (χ1n) is 12.7. The number of piperidine rings is 1. The van der Waals surface area contributed by atoms with E-state index in [0.717, 1.165) is 30.0 Å². The first-order valence-corrected chi connectivity index (χ1v) is 12.7. The van der Waals surface area contributed by atoms with Crippen LogP contribution in [0, 0.1) is 11.3 Å². The van der Waals surface area contributed by atoms with Gasteiger partial charge in [0.25, 0.3) is 0 Å². The Hall–Kier alpha value is -3.78. The minimum absolute atomic E-state index is 0.00655. The lowest BCUT2D eigenvalue weighted by Gasteiger charge is -2.53. The lowest BCUT2D eigenvalue weighted by molar-refractivity contribution is -0.00773. The van der Waals surface area contributed by atoms with Crippen molar-refractivity contribution >= 4 is 17.5 Å². The molecule has 1 saturated heterocycles. The van der Waals surface area contributed by atoms with Gasteiger partial charge in [-0.05, 0) is 83.1 Å². The quantitative estimate of drug-likeness (QED) is 0.462. The van der Waals surface area contributed by atoms with Crippen LogP contribution in [-0.4, -0.2) is 65.8 Å². The van der Waals surface area contributed by atoms with E-state index in [1.54, 1.807) is 10.9 Å². The summed E-state index contributed by atoms with van der Waals surface area (Å²) in [5.74, 6) is 2.31. The van der Waals surface area contributed by atoms with Crippen LogP contribution in [0.5, 0.6) is 5.75 Å². The Bertz CT molecular complexity index is 1270. The second-order valence-corrected chi connectivity index (χ2v) is 10.6. The van der Waals surface area contributed by atoms with Gasteiger partial charge < -0.3 is 15.4 Å². The van der Waals surface area contributed by atoms with Crippen LogP contribution in [-0.2, 0) is 6.42 Å². The van der Waals surface area contributed by atoms with E-state index in [0.29, 0.717) is 36.1 Å². The van der Waals surface area contributed by atoms with E-state index in [1.807, 2.05) is 32.0 Å². The fraction of sp³-hybridized carbons (Fsp3) is 0.538. The molecule has 11 nitrogen and oxygen atoms in total.